The summed E-state index contributed by atoms with van der Waals surface area (Å²) in [5.74, 6) is 2.87. The molecule has 1 fully saturated rings. The number of carbonyl (C=O) groups excluding carboxylic acids is 1. The normalized spacial score (nSPS) is 19.5. The molecule has 2 heterocycles. The third-order valence-corrected chi connectivity index (χ3v) is 5.85. The van der Waals surface area contributed by atoms with Crippen molar-refractivity contribution in [2.75, 3.05) is 44.8 Å². The van der Waals surface area contributed by atoms with Gasteiger partial charge < -0.3 is 19.3 Å². The van der Waals surface area contributed by atoms with E-state index in [1.54, 1.807) is 7.11 Å². The predicted octanol–water partition coefficient (Wildman–Crippen LogP) is 3.96. The molecule has 2 aliphatic heterocycles. The summed E-state index contributed by atoms with van der Waals surface area (Å²) in [6, 6.07) is 5.66. The average Bonchev–Trinajstić information content (AvgIpc) is 2.69. The van der Waals surface area contributed by atoms with E-state index in [0.717, 1.165) is 36.2 Å². The number of ether oxygens (including phenoxy) is 2. The van der Waals surface area contributed by atoms with Crippen molar-refractivity contribution in [1.29, 1.82) is 0 Å². The minimum Gasteiger partial charge on any atom is -0.497 e. The van der Waals surface area contributed by atoms with Gasteiger partial charge in [-0.3, -0.25) is 4.79 Å². The maximum absolute atomic E-state index is 12.5. The van der Waals surface area contributed by atoms with Crippen molar-refractivity contribution in [2.24, 2.45) is 11.8 Å². The van der Waals surface area contributed by atoms with Crippen LogP contribution in [0.4, 0.5) is 5.69 Å². The Balaban J connectivity index is 1.55. The van der Waals surface area contributed by atoms with E-state index >= 15 is 0 Å². The fourth-order valence-electron chi connectivity index (χ4n) is 4.27. The van der Waals surface area contributed by atoms with Gasteiger partial charge in [0, 0.05) is 19.2 Å². The lowest BCUT2D eigenvalue weighted by Crippen LogP contribution is -2.44. The monoisotopic (exact) mass is 374 g/mol. The number of hydrogen-bond acceptors (Lipinski definition) is 4. The molecule has 0 saturated carbocycles. The lowest BCUT2D eigenvalue weighted by atomic mass is 9.91. The molecule has 2 aliphatic rings. The molecule has 0 aliphatic carbocycles. The molecule has 5 nitrogen and oxygen atoms in total. The quantitative estimate of drug-likeness (QED) is 0.691. The lowest BCUT2D eigenvalue weighted by Gasteiger charge is -2.36. The van der Waals surface area contributed by atoms with E-state index in [0.29, 0.717) is 5.92 Å². The summed E-state index contributed by atoms with van der Waals surface area (Å²) in [7, 11) is 1.64. The number of fused-ring (bicyclic) bond motifs is 1. The Kier molecular flexibility index (Phi) is 7.00. The fourth-order valence-corrected chi connectivity index (χ4v) is 4.27. The van der Waals surface area contributed by atoms with Crippen molar-refractivity contribution < 1.29 is 14.3 Å². The molecule has 3 rings (SSSR count). The minimum atomic E-state index is 0.0286. The summed E-state index contributed by atoms with van der Waals surface area (Å²) >= 11 is 0. The van der Waals surface area contributed by atoms with E-state index in [9.17, 15) is 4.79 Å². The van der Waals surface area contributed by atoms with Gasteiger partial charge in [0.2, 0.25) is 0 Å². The maximum atomic E-state index is 12.5. The van der Waals surface area contributed by atoms with E-state index in [4.69, 9.17) is 9.47 Å². The second-order valence-electron chi connectivity index (χ2n) is 8.12. The van der Waals surface area contributed by atoms with E-state index in [1.807, 2.05) is 23.1 Å². The first-order valence-corrected chi connectivity index (χ1v) is 10.4. The third-order valence-electron chi connectivity index (χ3n) is 5.85. The zero-order valence-corrected chi connectivity index (χ0v) is 17.1. The summed E-state index contributed by atoms with van der Waals surface area (Å²) in [6.07, 6.45) is 6.70. The van der Waals surface area contributed by atoms with Gasteiger partial charge in [0.05, 0.1) is 12.8 Å². The van der Waals surface area contributed by atoms with E-state index < -0.39 is 0 Å². The highest BCUT2D eigenvalue weighted by Crippen LogP contribution is 2.35. The number of methoxy groups -OCH3 is 1. The molecule has 0 N–H and O–H groups in total. The van der Waals surface area contributed by atoms with Crippen LogP contribution in [-0.2, 0) is 4.79 Å². The molecule has 0 radical (unpaired) electrons. The Labute approximate surface area is 163 Å². The summed E-state index contributed by atoms with van der Waals surface area (Å²) in [5.41, 5.74) is 0.829. The van der Waals surface area contributed by atoms with Gasteiger partial charge in [-0.05, 0) is 49.9 Å². The fraction of sp³-hybridized carbons (Fsp3) is 0.682. The first-order chi connectivity index (χ1) is 13.1. The number of anilines is 1. The summed E-state index contributed by atoms with van der Waals surface area (Å²) in [5, 5.41) is 0. The number of hydrogen-bond donors (Lipinski definition) is 0. The first-order valence-electron chi connectivity index (χ1n) is 10.4. The Morgan fingerprint density at radius 2 is 2.04 bits per heavy atom. The highest BCUT2D eigenvalue weighted by Gasteiger charge is 2.28. The molecule has 0 bridgehead atoms. The first kappa shape index (κ1) is 20.0. The van der Waals surface area contributed by atoms with Crippen molar-refractivity contribution >= 4 is 11.6 Å². The van der Waals surface area contributed by atoms with Crippen LogP contribution in [0.15, 0.2) is 18.2 Å². The highest BCUT2D eigenvalue weighted by molar-refractivity contribution is 5.98. The molecule has 150 valence electrons. The highest BCUT2D eigenvalue weighted by atomic mass is 16.5. The van der Waals surface area contributed by atoms with Gasteiger partial charge in [0.1, 0.15) is 11.5 Å². The summed E-state index contributed by atoms with van der Waals surface area (Å²) < 4.78 is 10.9. The van der Waals surface area contributed by atoms with Gasteiger partial charge >= 0.3 is 0 Å². The molecule has 1 aromatic rings. The van der Waals surface area contributed by atoms with Gasteiger partial charge in [-0.1, -0.05) is 33.1 Å². The van der Waals surface area contributed by atoms with Crippen LogP contribution in [0.3, 0.4) is 0 Å². The maximum Gasteiger partial charge on any atom is 0.265 e. The second kappa shape index (κ2) is 9.45. The SMILES string of the molecule is CCCCC1CCN(CC(C)CN2C(=O)COc3ccc(OC)cc32)CC1. The summed E-state index contributed by atoms with van der Waals surface area (Å²) in [4.78, 5) is 16.9. The number of rotatable bonds is 8. The van der Waals surface area contributed by atoms with Crippen molar-refractivity contribution in [3.63, 3.8) is 0 Å². The Bertz CT molecular complexity index is 626. The molecule has 5 heteroatoms. The van der Waals surface area contributed by atoms with E-state index in [2.05, 4.69) is 18.7 Å². The van der Waals surface area contributed by atoms with Gasteiger partial charge in [-0.2, -0.15) is 0 Å². The average molecular weight is 375 g/mol. The van der Waals surface area contributed by atoms with E-state index in [1.165, 1.54) is 45.2 Å². The minimum absolute atomic E-state index is 0.0286. The number of unbranched alkanes of at least 4 members (excludes halogenated alkanes) is 1. The predicted molar refractivity (Wildman–Crippen MR) is 109 cm³/mol. The number of nitrogens with zero attached hydrogens (tertiary/aromatic N) is 2. The van der Waals surface area contributed by atoms with Crippen molar-refractivity contribution in [1.82, 2.24) is 4.90 Å². The van der Waals surface area contributed by atoms with Crippen LogP contribution in [0, 0.1) is 11.8 Å². The molecule has 27 heavy (non-hydrogen) atoms. The van der Waals surface area contributed by atoms with Crippen LogP contribution < -0.4 is 14.4 Å². The molecule has 0 spiro atoms. The number of benzene rings is 1. The molecular formula is C22H34N2O3. The third kappa shape index (κ3) is 5.16. The van der Waals surface area contributed by atoms with Crippen LogP contribution in [0.1, 0.15) is 46.0 Å². The van der Waals surface area contributed by atoms with E-state index in [-0.39, 0.29) is 12.5 Å². The second-order valence-corrected chi connectivity index (χ2v) is 8.12. The Hall–Kier alpha value is -1.75. The number of carbonyl (C=O) groups is 1. The van der Waals surface area contributed by atoms with Gasteiger partial charge in [-0.15, -0.1) is 0 Å². The van der Waals surface area contributed by atoms with Crippen LogP contribution in [0.5, 0.6) is 11.5 Å². The number of piperidine rings is 1. The molecule has 1 atom stereocenters. The molecule has 1 unspecified atom stereocenters. The Morgan fingerprint density at radius 3 is 2.74 bits per heavy atom. The molecular weight excluding hydrogens is 340 g/mol. The van der Waals surface area contributed by atoms with Crippen LogP contribution in [0.25, 0.3) is 0 Å². The van der Waals surface area contributed by atoms with Crippen LogP contribution >= 0.6 is 0 Å². The van der Waals surface area contributed by atoms with Crippen LogP contribution in [-0.4, -0.2) is 50.7 Å². The molecule has 0 aromatic heterocycles. The molecule has 1 saturated heterocycles. The zero-order valence-electron chi connectivity index (χ0n) is 17.1. The van der Waals surface area contributed by atoms with Crippen molar-refractivity contribution in [3.05, 3.63) is 18.2 Å². The lowest BCUT2D eigenvalue weighted by molar-refractivity contribution is -0.121. The summed E-state index contributed by atoms with van der Waals surface area (Å²) in [6.45, 7) is 8.79. The van der Waals surface area contributed by atoms with Gasteiger partial charge in [0.15, 0.2) is 6.61 Å². The van der Waals surface area contributed by atoms with Crippen molar-refractivity contribution in [2.45, 2.75) is 46.0 Å². The van der Waals surface area contributed by atoms with Gasteiger partial charge in [-0.25, -0.2) is 0 Å². The molecule has 1 aromatic carbocycles. The van der Waals surface area contributed by atoms with Crippen molar-refractivity contribution in [3.8, 4) is 11.5 Å². The van der Waals surface area contributed by atoms with Crippen LogP contribution in [0.2, 0.25) is 0 Å². The molecule has 1 amide bonds. The number of amides is 1. The standard InChI is InChI=1S/C22H34N2O3/c1-4-5-6-18-9-11-23(12-10-18)14-17(2)15-24-20-13-19(26-3)7-8-21(20)27-16-22(24)25/h7-8,13,17-18H,4-6,9-12,14-16H2,1-3H3. The smallest absolute Gasteiger partial charge is 0.265 e. The Morgan fingerprint density at radius 1 is 1.26 bits per heavy atom. The topological polar surface area (TPSA) is 42.0 Å². The number of likely N-dealkylation sites (tertiary alicyclic amines) is 1. The zero-order chi connectivity index (χ0) is 19.2. The van der Waals surface area contributed by atoms with Gasteiger partial charge in [0.25, 0.3) is 5.91 Å². The largest absolute Gasteiger partial charge is 0.497 e.